The third-order valence-corrected chi connectivity index (χ3v) is 4.64. The Morgan fingerprint density at radius 3 is 2.16 bits per heavy atom. The molecule has 0 aliphatic rings. The van der Waals surface area contributed by atoms with Crippen LogP contribution >= 0.6 is 0 Å². The van der Waals surface area contributed by atoms with Crippen LogP contribution in [0, 0.1) is 6.92 Å². The van der Waals surface area contributed by atoms with Crippen LogP contribution in [0.2, 0.25) is 0 Å². The highest BCUT2D eigenvalue weighted by Gasteiger charge is 2.08. The molecule has 0 radical (unpaired) electrons. The fraction of sp³-hybridized carbons (Fsp3) is 0.192. The van der Waals surface area contributed by atoms with Crippen molar-refractivity contribution in [2.75, 3.05) is 6.61 Å². The molecule has 3 rings (SSSR count). The molecule has 0 aliphatic carbocycles. The SMILES string of the molecule is CCCCOc1ccc(C(=O)NN=Cc2ccc(OC(=O)c3ccc(C)cc3)cc2)cc1. The minimum atomic E-state index is -0.416. The van der Waals surface area contributed by atoms with E-state index in [0.717, 1.165) is 29.7 Å². The van der Waals surface area contributed by atoms with Crippen molar-refractivity contribution in [3.63, 3.8) is 0 Å². The van der Waals surface area contributed by atoms with Crippen LogP contribution in [0.25, 0.3) is 0 Å². The Labute approximate surface area is 187 Å². The molecule has 0 bridgehead atoms. The monoisotopic (exact) mass is 430 g/mol. The van der Waals surface area contributed by atoms with Gasteiger partial charge in [0.2, 0.25) is 0 Å². The average Bonchev–Trinajstić information content (AvgIpc) is 2.81. The highest BCUT2D eigenvalue weighted by molar-refractivity contribution is 5.95. The number of hydrogen-bond acceptors (Lipinski definition) is 5. The van der Waals surface area contributed by atoms with Crippen molar-refractivity contribution in [3.05, 3.63) is 95.1 Å². The van der Waals surface area contributed by atoms with Gasteiger partial charge in [0.05, 0.1) is 18.4 Å². The number of hydrogen-bond donors (Lipinski definition) is 1. The number of carbonyl (C=O) groups excluding carboxylic acids is 2. The number of nitrogens with one attached hydrogen (secondary N) is 1. The van der Waals surface area contributed by atoms with Gasteiger partial charge in [-0.15, -0.1) is 0 Å². The van der Waals surface area contributed by atoms with Gasteiger partial charge in [-0.3, -0.25) is 4.79 Å². The normalized spacial score (nSPS) is 10.7. The van der Waals surface area contributed by atoms with Crippen molar-refractivity contribution in [2.24, 2.45) is 5.10 Å². The Kier molecular flexibility index (Phi) is 8.15. The molecule has 6 heteroatoms. The fourth-order valence-corrected chi connectivity index (χ4v) is 2.74. The molecule has 0 aliphatic heterocycles. The molecule has 1 N–H and O–H groups in total. The van der Waals surface area contributed by atoms with E-state index in [1.807, 2.05) is 19.1 Å². The largest absolute Gasteiger partial charge is 0.494 e. The summed E-state index contributed by atoms with van der Waals surface area (Å²) in [7, 11) is 0. The van der Waals surface area contributed by atoms with E-state index in [1.54, 1.807) is 60.7 Å². The van der Waals surface area contributed by atoms with E-state index >= 15 is 0 Å². The van der Waals surface area contributed by atoms with E-state index in [-0.39, 0.29) is 5.91 Å². The van der Waals surface area contributed by atoms with Crippen LogP contribution in [0.3, 0.4) is 0 Å². The van der Waals surface area contributed by atoms with Gasteiger partial charge in [-0.1, -0.05) is 31.0 Å². The summed E-state index contributed by atoms with van der Waals surface area (Å²) < 4.78 is 11.0. The Morgan fingerprint density at radius 1 is 0.875 bits per heavy atom. The maximum atomic E-state index is 12.2. The Morgan fingerprint density at radius 2 is 1.50 bits per heavy atom. The maximum Gasteiger partial charge on any atom is 0.343 e. The van der Waals surface area contributed by atoms with Crippen LogP contribution in [-0.4, -0.2) is 24.7 Å². The van der Waals surface area contributed by atoms with Gasteiger partial charge in [0, 0.05) is 5.56 Å². The zero-order chi connectivity index (χ0) is 22.8. The number of hydrazone groups is 1. The third-order valence-electron chi connectivity index (χ3n) is 4.64. The predicted octanol–water partition coefficient (Wildman–Crippen LogP) is 5.16. The summed E-state index contributed by atoms with van der Waals surface area (Å²) in [5.74, 6) is 0.435. The van der Waals surface area contributed by atoms with Gasteiger partial charge in [-0.2, -0.15) is 5.10 Å². The number of esters is 1. The molecular weight excluding hydrogens is 404 g/mol. The summed E-state index contributed by atoms with van der Waals surface area (Å²) in [6.45, 7) is 4.72. The lowest BCUT2D eigenvalue weighted by molar-refractivity contribution is 0.0734. The first-order valence-corrected chi connectivity index (χ1v) is 10.5. The van der Waals surface area contributed by atoms with Crippen LogP contribution in [0.1, 0.15) is 51.6 Å². The second-order valence-electron chi connectivity index (χ2n) is 7.25. The second kappa shape index (κ2) is 11.5. The van der Waals surface area contributed by atoms with Crippen molar-refractivity contribution in [1.82, 2.24) is 5.43 Å². The second-order valence-corrected chi connectivity index (χ2v) is 7.25. The first kappa shape index (κ1) is 22.7. The molecule has 0 heterocycles. The number of ether oxygens (including phenoxy) is 2. The van der Waals surface area contributed by atoms with Crippen molar-refractivity contribution < 1.29 is 19.1 Å². The van der Waals surface area contributed by atoms with E-state index in [1.165, 1.54) is 6.21 Å². The first-order valence-electron chi connectivity index (χ1n) is 10.5. The summed E-state index contributed by atoms with van der Waals surface area (Å²) >= 11 is 0. The number of benzene rings is 3. The van der Waals surface area contributed by atoms with E-state index in [2.05, 4.69) is 17.5 Å². The number of rotatable bonds is 9. The van der Waals surface area contributed by atoms with E-state index in [9.17, 15) is 9.59 Å². The molecule has 32 heavy (non-hydrogen) atoms. The van der Waals surface area contributed by atoms with Gasteiger partial charge in [0.15, 0.2) is 0 Å². The predicted molar refractivity (Wildman–Crippen MR) is 124 cm³/mol. The van der Waals surface area contributed by atoms with Gasteiger partial charge in [0.25, 0.3) is 5.91 Å². The Bertz CT molecular complexity index is 1060. The average molecular weight is 431 g/mol. The minimum absolute atomic E-state index is 0.315. The van der Waals surface area contributed by atoms with Crippen molar-refractivity contribution in [2.45, 2.75) is 26.7 Å². The fourth-order valence-electron chi connectivity index (χ4n) is 2.74. The van der Waals surface area contributed by atoms with Crippen LogP contribution in [0.4, 0.5) is 0 Å². The van der Waals surface area contributed by atoms with Crippen molar-refractivity contribution >= 4 is 18.1 Å². The standard InChI is InChI=1S/C26H26N2O4/c1-3-4-17-31-23-15-11-21(12-16-23)25(29)28-27-18-20-7-13-24(14-8-20)32-26(30)22-9-5-19(2)6-10-22/h5-16,18H,3-4,17H2,1-2H3,(H,28,29). The molecule has 0 unspecified atom stereocenters. The molecule has 164 valence electrons. The quantitative estimate of drug-likeness (QED) is 0.167. The summed E-state index contributed by atoms with van der Waals surface area (Å²) in [5.41, 5.74) is 5.30. The van der Waals surface area contributed by atoms with Crippen LogP contribution in [-0.2, 0) is 0 Å². The molecule has 0 saturated carbocycles. The number of nitrogens with zero attached hydrogens (tertiary/aromatic N) is 1. The molecule has 0 fully saturated rings. The molecule has 1 amide bonds. The van der Waals surface area contributed by atoms with Crippen molar-refractivity contribution in [3.8, 4) is 11.5 Å². The van der Waals surface area contributed by atoms with Gasteiger partial charge < -0.3 is 9.47 Å². The van der Waals surface area contributed by atoms with Crippen LogP contribution in [0.15, 0.2) is 77.9 Å². The van der Waals surface area contributed by atoms with Crippen molar-refractivity contribution in [1.29, 1.82) is 0 Å². The Hall–Kier alpha value is -3.93. The summed E-state index contributed by atoms with van der Waals surface area (Å²) in [6.07, 6.45) is 3.58. The highest BCUT2D eigenvalue weighted by atomic mass is 16.5. The molecule has 0 atom stereocenters. The smallest absolute Gasteiger partial charge is 0.343 e. The van der Waals surface area contributed by atoms with E-state index < -0.39 is 5.97 Å². The summed E-state index contributed by atoms with van der Waals surface area (Å²) in [5, 5.41) is 3.98. The zero-order valence-corrected chi connectivity index (χ0v) is 18.2. The number of aryl methyl sites for hydroxylation is 1. The zero-order valence-electron chi connectivity index (χ0n) is 18.2. The molecule has 3 aromatic carbocycles. The number of amides is 1. The van der Waals surface area contributed by atoms with Crippen LogP contribution < -0.4 is 14.9 Å². The lowest BCUT2D eigenvalue weighted by atomic mass is 10.1. The van der Waals surface area contributed by atoms with E-state index in [0.29, 0.717) is 23.5 Å². The molecule has 6 nitrogen and oxygen atoms in total. The molecule has 0 saturated heterocycles. The molecule has 0 aromatic heterocycles. The maximum absolute atomic E-state index is 12.2. The molecule has 3 aromatic rings. The van der Waals surface area contributed by atoms with Crippen LogP contribution in [0.5, 0.6) is 11.5 Å². The Balaban J connectivity index is 1.49. The van der Waals surface area contributed by atoms with Gasteiger partial charge >= 0.3 is 5.97 Å². The number of unbranched alkanes of at least 4 members (excludes halogenated alkanes) is 1. The lowest BCUT2D eigenvalue weighted by Crippen LogP contribution is -2.17. The van der Waals surface area contributed by atoms with Gasteiger partial charge in [0.1, 0.15) is 11.5 Å². The van der Waals surface area contributed by atoms with Gasteiger partial charge in [-0.25, -0.2) is 10.2 Å². The van der Waals surface area contributed by atoms with Gasteiger partial charge in [-0.05, 0) is 79.6 Å². The molecular formula is C26H26N2O4. The highest BCUT2D eigenvalue weighted by Crippen LogP contribution is 2.15. The topological polar surface area (TPSA) is 77.0 Å². The minimum Gasteiger partial charge on any atom is -0.494 e. The molecule has 0 spiro atoms. The summed E-state index contributed by atoms with van der Waals surface area (Å²) in [4.78, 5) is 24.4. The lowest BCUT2D eigenvalue weighted by Gasteiger charge is -2.06. The van der Waals surface area contributed by atoms with E-state index in [4.69, 9.17) is 9.47 Å². The third kappa shape index (κ3) is 6.80. The number of carbonyl (C=O) groups is 2. The summed E-state index contributed by atoms with van der Waals surface area (Å²) in [6, 6.07) is 21.0. The first-order chi connectivity index (χ1) is 15.5.